The highest BCUT2D eigenvalue weighted by Crippen LogP contribution is 2.69. The Morgan fingerprint density at radius 3 is 2.06 bits per heavy atom. The quantitative estimate of drug-likeness (QED) is 0.833. The summed E-state index contributed by atoms with van der Waals surface area (Å²) in [5.74, 6) is -1.90. The number of hydrogen-bond donors (Lipinski definition) is 1. The molecule has 0 bridgehead atoms. The summed E-state index contributed by atoms with van der Waals surface area (Å²) >= 11 is 23.9. The third-order valence-corrected chi connectivity index (χ3v) is 4.92. The Morgan fingerprint density at radius 2 is 1.71 bits per heavy atom. The predicted octanol–water partition coefficient (Wildman–Crippen LogP) is 4.14. The second-order valence-electron chi connectivity index (χ2n) is 4.25. The van der Waals surface area contributed by atoms with Crippen molar-refractivity contribution in [3.63, 3.8) is 0 Å². The fraction of sp³-hybridized carbons (Fsp3) is 0.364. The molecular weight excluding hydrogens is 306 g/mol. The van der Waals surface area contributed by atoms with Crippen molar-refractivity contribution < 1.29 is 9.90 Å². The van der Waals surface area contributed by atoms with E-state index >= 15 is 0 Å². The molecule has 0 heterocycles. The summed E-state index contributed by atoms with van der Waals surface area (Å²) in [5, 5.41) is 9.94. The van der Waals surface area contributed by atoms with E-state index in [4.69, 9.17) is 51.5 Å². The highest BCUT2D eigenvalue weighted by Gasteiger charge is 2.77. The van der Waals surface area contributed by atoms with Crippen molar-refractivity contribution >= 4 is 52.4 Å². The smallest absolute Gasteiger partial charge is 0.310 e. The maximum atomic E-state index is 11.1. The second-order valence-corrected chi connectivity index (χ2v) is 6.51. The molecule has 0 aromatic heterocycles. The minimum Gasteiger partial charge on any atom is -0.481 e. The Morgan fingerprint density at radius 1 is 1.24 bits per heavy atom. The number of halogens is 4. The van der Waals surface area contributed by atoms with Gasteiger partial charge >= 0.3 is 5.97 Å². The SMILES string of the molecule is C[C@@]1(c2cc(Cl)cc(Cl)c2)[C@@H](C(=O)O)C1(Cl)Cl. The average molecular weight is 314 g/mol. The molecule has 17 heavy (non-hydrogen) atoms. The van der Waals surface area contributed by atoms with Gasteiger partial charge < -0.3 is 5.11 Å². The van der Waals surface area contributed by atoms with Crippen LogP contribution in [0.15, 0.2) is 18.2 Å². The van der Waals surface area contributed by atoms with E-state index in [2.05, 4.69) is 0 Å². The van der Waals surface area contributed by atoms with Gasteiger partial charge in [0.25, 0.3) is 0 Å². The van der Waals surface area contributed by atoms with E-state index in [-0.39, 0.29) is 0 Å². The Bertz CT molecular complexity index is 480. The van der Waals surface area contributed by atoms with Crippen LogP contribution in [0.1, 0.15) is 12.5 Å². The summed E-state index contributed by atoms with van der Waals surface area (Å²) in [6.45, 7) is 1.69. The minimum atomic E-state index is -1.34. The molecule has 1 aromatic carbocycles. The monoisotopic (exact) mass is 312 g/mol. The number of aliphatic carboxylic acids is 1. The molecule has 1 N–H and O–H groups in total. The zero-order valence-corrected chi connectivity index (χ0v) is 11.7. The number of carbonyl (C=O) groups is 1. The predicted molar refractivity (Wildman–Crippen MR) is 69.4 cm³/mol. The second kappa shape index (κ2) is 3.92. The lowest BCUT2D eigenvalue weighted by atomic mass is 9.95. The zero-order valence-electron chi connectivity index (χ0n) is 8.68. The number of alkyl halides is 2. The van der Waals surface area contributed by atoms with Crippen molar-refractivity contribution in [3.05, 3.63) is 33.8 Å². The first-order valence-corrected chi connectivity index (χ1v) is 6.29. The van der Waals surface area contributed by atoms with Gasteiger partial charge in [-0.25, -0.2) is 0 Å². The first kappa shape index (κ1) is 13.3. The molecule has 0 unspecified atom stereocenters. The standard InChI is InChI=1S/C11H8Cl4O2/c1-10(8(9(16)17)11(10,14)15)5-2-6(12)4-7(13)3-5/h2-4,8H,1H3,(H,16,17)/t8-,10-/m1/s1. The zero-order chi connectivity index (χ0) is 13.0. The topological polar surface area (TPSA) is 37.3 Å². The molecule has 0 amide bonds. The number of carboxylic acids is 1. The number of hydrogen-bond acceptors (Lipinski definition) is 1. The van der Waals surface area contributed by atoms with Crippen LogP contribution in [0.4, 0.5) is 0 Å². The minimum absolute atomic E-state index is 0.425. The summed E-state index contributed by atoms with van der Waals surface area (Å²) in [5.41, 5.74) is -0.247. The molecule has 0 aliphatic heterocycles. The molecule has 2 nitrogen and oxygen atoms in total. The van der Waals surface area contributed by atoms with E-state index in [1.54, 1.807) is 25.1 Å². The maximum Gasteiger partial charge on any atom is 0.310 e. The van der Waals surface area contributed by atoms with Gasteiger partial charge in [0.15, 0.2) is 0 Å². The first-order chi connectivity index (χ1) is 7.71. The lowest BCUT2D eigenvalue weighted by molar-refractivity contribution is -0.139. The highest BCUT2D eigenvalue weighted by molar-refractivity contribution is 6.54. The lowest BCUT2D eigenvalue weighted by Gasteiger charge is -2.13. The van der Waals surface area contributed by atoms with Crippen molar-refractivity contribution in [3.8, 4) is 0 Å². The van der Waals surface area contributed by atoms with E-state index in [9.17, 15) is 4.79 Å². The molecule has 1 aliphatic carbocycles. The highest BCUT2D eigenvalue weighted by atomic mass is 35.5. The molecule has 2 rings (SSSR count). The fourth-order valence-electron chi connectivity index (χ4n) is 2.15. The largest absolute Gasteiger partial charge is 0.481 e. The van der Waals surface area contributed by atoms with Gasteiger partial charge in [0.05, 0.1) is 0 Å². The molecule has 0 saturated heterocycles. The van der Waals surface area contributed by atoms with E-state index < -0.39 is 21.6 Å². The molecule has 1 saturated carbocycles. The Balaban J connectivity index is 2.51. The Hall–Kier alpha value is -0.150. The van der Waals surface area contributed by atoms with Crippen LogP contribution in [-0.2, 0) is 10.2 Å². The fourth-order valence-corrected chi connectivity index (χ4v) is 3.62. The molecule has 6 heteroatoms. The number of rotatable bonds is 2. The van der Waals surface area contributed by atoms with Gasteiger partial charge in [-0.2, -0.15) is 0 Å². The van der Waals surface area contributed by atoms with Crippen LogP contribution in [0, 0.1) is 5.92 Å². The molecule has 92 valence electrons. The van der Waals surface area contributed by atoms with Crippen LogP contribution < -0.4 is 0 Å². The maximum absolute atomic E-state index is 11.1. The van der Waals surface area contributed by atoms with Crippen LogP contribution in [0.25, 0.3) is 0 Å². The third kappa shape index (κ3) is 1.82. The van der Waals surface area contributed by atoms with Crippen molar-refractivity contribution in [2.75, 3.05) is 0 Å². The molecule has 1 fully saturated rings. The van der Waals surface area contributed by atoms with Crippen LogP contribution in [0.5, 0.6) is 0 Å². The van der Waals surface area contributed by atoms with Gasteiger partial charge in [-0.3, -0.25) is 4.79 Å². The summed E-state index contributed by atoms with van der Waals surface area (Å²) in [4.78, 5) is 11.1. The third-order valence-electron chi connectivity index (χ3n) is 3.26. The molecular formula is C11H8Cl4O2. The normalized spacial score (nSPS) is 30.1. The van der Waals surface area contributed by atoms with Crippen LogP contribution in [0.2, 0.25) is 10.0 Å². The Kier molecular flexibility index (Phi) is 3.07. The molecule has 2 atom stereocenters. The van der Waals surface area contributed by atoms with Crippen molar-refractivity contribution in [1.29, 1.82) is 0 Å². The number of benzene rings is 1. The average Bonchev–Trinajstić information content (AvgIpc) is 2.60. The Labute approximate surface area is 118 Å². The van der Waals surface area contributed by atoms with Gasteiger partial charge in [-0.05, 0) is 23.8 Å². The van der Waals surface area contributed by atoms with Crippen LogP contribution >= 0.6 is 46.4 Å². The van der Waals surface area contributed by atoms with Crippen molar-refractivity contribution in [2.45, 2.75) is 16.7 Å². The first-order valence-electron chi connectivity index (χ1n) is 4.78. The summed E-state index contributed by atoms with van der Waals surface area (Å²) in [6, 6.07) is 4.84. The van der Waals surface area contributed by atoms with Gasteiger partial charge in [-0.15, -0.1) is 0 Å². The van der Waals surface area contributed by atoms with Crippen LogP contribution in [0.3, 0.4) is 0 Å². The molecule has 0 spiro atoms. The summed E-state index contributed by atoms with van der Waals surface area (Å²) < 4.78 is -1.34. The van der Waals surface area contributed by atoms with Gasteiger partial charge in [0.2, 0.25) is 0 Å². The summed E-state index contributed by atoms with van der Waals surface area (Å²) in [6.07, 6.45) is 0. The molecule has 1 aromatic rings. The van der Waals surface area contributed by atoms with Crippen LogP contribution in [-0.4, -0.2) is 15.4 Å². The van der Waals surface area contributed by atoms with Gasteiger partial charge in [-0.1, -0.05) is 53.3 Å². The molecule has 1 aliphatic rings. The summed E-state index contributed by atoms with van der Waals surface area (Å²) in [7, 11) is 0. The van der Waals surface area contributed by atoms with E-state index in [1.165, 1.54) is 0 Å². The van der Waals surface area contributed by atoms with Gasteiger partial charge in [0.1, 0.15) is 10.3 Å². The van der Waals surface area contributed by atoms with E-state index in [0.29, 0.717) is 15.6 Å². The van der Waals surface area contributed by atoms with Crippen molar-refractivity contribution in [2.24, 2.45) is 5.92 Å². The van der Waals surface area contributed by atoms with E-state index in [0.717, 1.165) is 0 Å². The molecule has 0 radical (unpaired) electrons. The van der Waals surface area contributed by atoms with Crippen molar-refractivity contribution in [1.82, 2.24) is 0 Å². The van der Waals surface area contributed by atoms with E-state index in [1.807, 2.05) is 0 Å². The lowest BCUT2D eigenvalue weighted by Crippen LogP contribution is -2.12. The van der Waals surface area contributed by atoms with Gasteiger partial charge in [0, 0.05) is 15.5 Å². The number of carboxylic acid groups (broad SMARTS) is 1.